The highest BCUT2D eigenvalue weighted by molar-refractivity contribution is 7.14. The topological polar surface area (TPSA) is 33.5 Å². The van der Waals surface area contributed by atoms with Gasteiger partial charge in [0.05, 0.1) is 25.5 Å². The summed E-state index contributed by atoms with van der Waals surface area (Å²) < 4.78 is 0. The Morgan fingerprint density at radius 1 is 1.33 bits per heavy atom. The average Bonchev–Trinajstić information content (AvgIpc) is 2.98. The van der Waals surface area contributed by atoms with E-state index in [-0.39, 0.29) is 11.9 Å². The van der Waals surface area contributed by atoms with E-state index in [0.29, 0.717) is 6.54 Å². The third-order valence-electron chi connectivity index (χ3n) is 4.92. The second-order valence-electron chi connectivity index (χ2n) is 7.16. The molecule has 4 heteroatoms. The molecule has 24 heavy (non-hydrogen) atoms. The van der Waals surface area contributed by atoms with Crippen molar-refractivity contribution in [2.45, 2.75) is 32.2 Å². The number of aryl methyl sites for hydroxylation is 1. The molecule has 2 aromatic rings. The summed E-state index contributed by atoms with van der Waals surface area (Å²) in [4.78, 5) is 16.2. The van der Waals surface area contributed by atoms with Crippen LogP contribution in [0.1, 0.15) is 45.1 Å². The number of nitrogens with one attached hydrogen (secondary N) is 2. The molecule has 1 aliphatic rings. The van der Waals surface area contributed by atoms with Gasteiger partial charge in [0, 0.05) is 10.4 Å². The number of carbonyl (C=O) groups is 1. The molecule has 0 bridgehead atoms. The van der Waals surface area contributed by atoms with E-state index < -0.39 is 0 Å². The van der Waals surface area contributed by atoms with Gasteiger partial charge in [0.15, 0.2) is 0 Å². The molecular formula is C20H27N2OS+. The van der Waals surface area contributed by atoms with Crippen molar-refractivity contribution in [1.82, 2.24) is 5.32 Å². The molecule has 0 spiro atoms. The average molecular weight is 344 g/mol. The van der Waals surface area contributed by atoms with E-state index in [0.717, 1.165) is 23.6 Å². The molecule has 0 aliphatic heterocycles. The molecule has 1 heterocycles. The molecule has 3 rings (SSSR count). The number of quaternary nitrogens is 1. The SMILES string of the molecule is C[C@@H]1CCc2sc(C(=O)NC[C@@H](c3ccccc3)[NH+](C)C)cc2C1. The van der Waals surface area contributed by atoms with E-state index in [1.807, 2.05) is 6.07 Å². The molecule has 1 amide bonds. The lowest BCUT2D eigenvalue weighted by molar-refractivity contribution is -0.890. The summed E-state index contributed by atoms with van der Waals surface area (Å²) in [5.41, 5.74) is 2.65. The Bertz CT molecular complexity index is 693. The van der Waals surface area contributed by atoms with Gasteiger partial charge in [0.2, 0.25) is 0 Å². The van der Waals surface area contributed by atoms with Crippen molar-refractivity contribution >= 4 is 17.2 Å². The van der Waals surface area contributed by atoms with Gasteiger partial charge >= 0.3 is 0 Å². The first-order valence-electron chi connectivity index (χ1n) is 8.79. The minimum Gasteiger partial charge on any atom is -0.345 e. The second-order valence-corrected chi connectivity index (χ2v) is 8.29. The Balaban J connectivity index is 1.66. The van der Waals surface area contributed by atoms with E-state index in [4.69, 9.17) is 0 Å². The summed E-state index contributed by atoms with van der Waals surface area (Å²) in [5.74, 6) is 0.812. The zero-order chi connectivity index (χ0) is 17.1. The van der Waals surface area contributed by atoms with Gasteiger partial charge in [-0.05, 0) is 36.8 Å². The van der Waals surface area contributed by atoms with Crippen LogP contribution in [0.3, 0.4) is 0 Å². The predicted molar refractivity (Wildman–Crippen MR) is 99.8 cm³/mol. The van der Waals surface area contributed by atoms with Crippen molar-refractivity contribution in [3.8, 4) is 0 Å². The molecule has 1 aliphatic carbocycles. The summed E-state index contributed by atoms with van der Waals surface area (Å²) in [6.45, 7) is 2.95. The smallest absolute Gasteiger partial charge is 0.261 e. The maximum atomic E-state index is 12.6. The standard InChI is InChI=1S/C20H26N2OS/c1-14-9-10-18-16(11-14)12-19(24-18)20(23)21-13-17(22(2)3)15-7-5-4-6-8-15/h4-8,12,14,17H,9-11,13H2,1-3H3,(H,21,23)/p+1/t14-,17+/m1/s1. The summed E-state index contributed by atoms with van der Waals surface area (Å²) >= 11 is 1.68. The van der Waals surface area contributed by atoms with Gasteiger partial charge in [0.1, 0.15) is 6.04 Å². The number of fused-ring (bicyclic) bond motifs is 1. The maximum absolute atomic E-state index is 12.6. The minimum atomic E-state index is 0.0734. The van der Waals surface area contributed by atoms with Gasteiger partial charge in [-0.25, -0.2) is 0 Å². The van der Waals surface area contributed by atoms with Crippen LogP contribution in [0.4, 0.5) is 0 Å². The molecule has 0 saturated carbocycles. The van der Waals surface area contributed by atoms with E-state index >= 15 is 0 Å². The number of hydrogen-bond donors (Lipinski definition) is 2. The van der Waals surface area contributed by atoms with E-state index in [2.05, 4.69) is 56.7 Å². The summed E-state index contributed by atoms with van der Waals surface area (Å²) in [7, 11) is 4.27. The maximum Gasteiger partial charge on any atom is 0.261 e. The van der Waals surface area contributed by atoms with E-state index in [9.17, 15) is 4.79 Å². The van der Waals surface area contributed by atoms with Gasteiger partial charge in [-0.3, -0.25) is 4.79 Å². The highest BCUT2D eigenvalue weighted by Gasteiger charge is 2.22. The van der Waals surface area contributed by atoms with Crippen LogP contribution >= 0.6 is 11.3 Å². The zero-order valence-electron chi connectivity index (χ0n) is 14.8. The number of rotatable bonds is 5. The summed E-state index contributed by atoms with van der Waals surface area (Å²) in [6.07, 6.45) is 3.49. The lowest BCUT2D eigenvalue weighted by Gasteiger charge is -2.22. The first-order valence-corrected chi connectivity index (χ1v) is 9.61. The fourth-order valence-electron chi connectivity index (χ4n) is 3.44. The molecule has 1 aromatic heterocycles. The third-order valence-corrected chi connectivity index (χ3v) is 6.15. The van der Waals surface area contributed by atoms with Crippen molar-refractivity contribution in [3.05, 3.63) is 57.3 Å². The van der Waals surface area contributed by atoms with Crippen LogP contribution < -0.4 is 10.2 Å². The number of benzene rings is 1. The molecule has 128 valence electrons. The molecule has 2 N–H and O–H groups in total. The first kappa shape index (κ1) is 17.2. The number of hydrogen-bond acceptors (Lipinski definition) is 2. The molecule has 0 radical (unpaired) electrons. The van der Waals surface area contributed by atoms with Gasteiger partial charge in [0.25, 0.3) is 5.91 Å². The Kier molecular flexibility index (Phi) is 5.36. The zero-order valence-corrected chi connectivity index (χ0v) is 15.6. The van der Waals surface area contributed by atoms with Gasteiger partial charge in [-0.15, -0.1) is 11.3 Å². The third kappa shape index (κ3) is 3.87. The Morgan fingerprint density at radius 3 is 2.79 bits per heavy atom. The molecule has 3 nitrogen and oxygen atoms in total. The van der Waals surface area contributed by atoms with E-state index in [1.165, 1.54) is 27.3 Å². The fraction of sp³-hybridized carbons (Fsp3) is 0.450. The van der Waals surface area contributed by atoms with Crippen LogP contribution in [0, 0.1) is 5.92 Å². The van der Waals surface area contributed by atoms with Crippen molar-refractivity contribution in [3.63, 3.8) is 0 Å². The van der Waals surface area contributed by atoms with Crippen molar-refractivity contribution in [2.24, 2.45) is 5.92 Å². The molecule has 2 atom stereocenters. The second kappa shape index (κ2) is 7.49. The van der Waals surface area contributed by atoms with Crippen LogP contribution in [0.15, 0.2) is 36.4 Å². The quantitative estimate of drug-likeness (QED) is 0.859. The van der Waals surface area contributed by atoms with Crippen molar-refractivity contribution in [1.29, 1.82) is 0 Å². The first-order chi connectivity index (χ1) is 11.5. The molecular weight excluding hydrogens is 316 g/mol. The predicted octanol–water partition coefficient (Wildman–Crippen LogP) is 2.49. The Morgan fingerprint density at radius 2 is 2.08 bits per heavy atom. The largest absolute Gasteiger partial charge is 0.345 e. The Labute approximate surface area is 148 Å². The van der Waals surface area contributed by atoms with Crippen molar-refractivity contribution < 1.29 is 9.69 Å². The van der Waals surface area contributed by atoms with Crippen LogP contribution in [0.25, 0.3) is 0 Å². The monoisotopic (exact) mass is 343 g/mol. The molecule has 0 fully saturated rings. The van der Waals surface area contributed by atoms with Crippen LogP contribution in [-0.4, -0.2) is 26.5 Å². The van der Waals surface area contributed by atoms with Gasteiger partial charge in [-0.2, -0.15) is 0 Å². The Hall–Kier alpha value is -1.65. The van der Waals surface area contributed by atoms with Crippen LogP contribution in [0.2, 0.25) is 0 Å². The van der Waals surface area contributed by atoms with Gasteiger partial charge < -0.3 is 10.2 Å². The molecule has 0 saturated heterocycles. The van der Waals surface area contributed by atoms with Crippen molar-refractivity contribution in [2.75, 3.05) is 20.6 Å². The summed E-state index contributed by atoms with van der Waals surface area (Å²) in [5, 5.41) is 3.15. The van der Waals surface area contributed by atoms with Crippen LogP contribution in [0.5, 0.6) is 0 Å². The number of carbonyl (C=O) groups excluding carboxylic acids is 1. The molecule has 0 unspecified atom stereocenters. The number of amides is 1. The number of likely N-dealkylation sites (N-methyl/N-ethyl adjacent to an activating group) is 1. The number of thiophene rings is 1. The minimum absolute atomic E-state index is 0.0734. The van der Waals surface area contributed by atoms with E-state index in [1.54, 1.807) is 11.3 Å². The highest BCUT2D eigenvalue weighted by Crippen LogP contribution is 2.32. The lowest BCUT2D eigenvalue weighted by atomic mass is 9.90. The lowest BCUT2D eigenvalue weighted by Crippen LogP contribution is -3.07. The summed E-state index contributed by atoms with van der Waals surface area (Å²) in [6, 6.07) is 12.8. The van der Waals surface area contributed by atoms with Gasteiger partial charge in [-0.1, -0.05) is 37.3 Å². The highest BCUT2D eigenvalue weighted by atomic mass is 32.1. The normalized spacial score (nSPS) is 18.2. The van der Waals surface area contributed by atoms with Crippen LogP contribution in [-0.2, 0) is 12.8 Å². The fourth-order valence-corrected chi connectivity index (χ4v) is 4.57. The molecule has 1 aromatic carbocycles.